The van der Waals surface area contributed by atoms with Gasteiger partial charge in [0.1, 0.15) is 16.2 Å². The molecule has 3 nitrogen and oxygen atoms in total. The van der Waals surface area contributed by atoms with E-state index in [0.717, 1.165) is 21.1 Å². The summed E-state index contributed by atoms with van der Waals surface area (Å²) in [6, 6.07) is 3.71. The van der Waals surface area contributed by atoms with Gasteiger partial charge in [-0.05, 0) is 35.0 Å². The summed E-state index contributed by atoms with van der Waals surface area (Å²) in [5.41, 5.74) is 1.03. The predicted octanol–water partition coefficient (Wildman–Crippen LogP) is 3.19. The lowest BCUT2D eigenvalue weighted by atomic mass is 10.5. The molecule has 0 fully saturated rings. The molecule has 0 saturated heterocycles. The van der Waals surface area contributed by atoms with Crippen LogP contribution in [0.1, 0.15) is 10.7 Å². The maximum Gasteiger partial charge on any atom is 0.152 e. The van der Waals surface area contributed by atoms with Crippen molar-refractivity contribution < 1.29 is 4.74 Å². The zero-order valence-corrected chi connectivity index (χ0v) is 10.5. The SMILES string of the molecule is Cc1csc(COc2cccnc2Br)n1. The molecule has 0 aliphatic rings. The predicted molar refractivity (Wildman–Crippen MR) is 63.1 cm³/mol. The van der Waals surface area contributed by atoms with E-state index in [9.17, 15) is 0 Å². The summed E-state index contributed by atoms with van der Waals surface area (Å²) in [6.07, 6.45) is 1.71. The summed E-state index contributed by atoms with van der Waals surface area (Å²) in [5.74, 6) is 0.741. The lowest BCUT2D eigenvalue weighted by Gasteiger charge is -2.04. The number of hydrogen-bond donors (Lipinski definition) is 0. The van der Waals surface area contributed by atoms with Crippen LogP contribution in [-0.2, 0) is 6.61 Å². The molecule has 2 aromatic rings. The van der Waals surface area contributed by atoms with E-state index in [1.165, 1.54) is 0 Å². The lowest BCUT2D eigenvalue weighted by Crippen LogP contribution is -1.96. The first-order valence-corrected chi connectivity index (χ1v) is 6.07. The molecule has 0 bridgehead atoms. The number of pyridine rings is 1. The highest BCUT2D eigenvalue weighted by Crippen LogP contribution is 2.22. The number of thiazole rings is 1. The quantitative estimate of drug-likeness (QED) is 0.812. The van der Waals surface area contributed by atoms with E-state index in [2.05, 4.69) is 25.9 Å². The van der Waals surface area contributed by atoms with Gasteiger partial charge in [-0.15, -0.1) is 11.3 Å². The Labute approximate surface area is 100 Å². The van der Waals surface area contributed by atoms with Crippen molar-refractivity contribution in [1.82, 2.24) is 9.97 Å². The summed E-state index contributed by atoms with van der Waals surface area (Å²) >= 11 is 4.92. The molecular weight excluding hydrogens is 276 g/mol. The zero-order chi connectivity index (χ0) is 10.7. The Balaban J connectivity index is 2.02. The van der Waals surface area contributed by atoms with Crippen molar-refractivity contribution >= 4 is 27.3 Å². The van der Waals surface area contributed by atoms with Crippen LogP contribution in [0.25, 0.3) is 0 Å². The van der Waals surface area contributed by atoms with E-state index in [1.54, 1.807) is 17.5 Å². The van der Waals surface area contributed by atoms with Crippen LogP contribution in [0.5, 0.6) is 5.75 Å². The summed E-state index contributed by atoms with van der Waals surface area (Å²) in [6.45, 7) is 2.46. The second kappa shape index (κ2) is 4.72. The van der Waals surface area contributed by atoms with E-state index in [4.69, 9.17) is 4.74 Å². The molecule has 2 aromatic heterocycles. The third-order valence-electron chi connectivity index (χ3n) is 1.74. The van der Waals surface area contributed by atoms with Crippen molar-refractivity contribution in [2.45, 2.75) is 13.5 Å². The molecule has 0 aliphatic carbocycles. The first kappa shape index (κ1) is 10.6. The fraction of sp³-hybridized carbons (Fsp3) is 0.200. The van der Waals surface area contributed by atoms with E-state index < -0.39 is 0 Å². The fourth-order valence-electron chi connectivity index (χ4n) is 1.09. The highest BCUT2D eigenvalue weighted by molar-refractivity contribution is 9.10. The Morgan fingerprint density at radius 1 is 1.53 bits per heavy atom. The number of halogens is 1. The number of rotatable bonds is 3. The summed E-state index contributed by atoms with van der Waals surface area (Å²) in [7, 11) is 0. The van der Waals surface area contributed by atoms with Gasteiger partial charge in [0, 0.05) is 17.3 Å². The van der Waals surface area contributed by atoms with Crippen LogP contribution in [0.15, 0.2) is 28.3 Å². The molecule has 0 spiro atoms. The molecular formula is C10H9BrN2OS. The van der Waals surface area contributed by atoms with Gasteiger partial charge in [0.15, 0.2) is 5.75 Å². The van der Waals surface area contributed by atoms with Crippen molar-refractivity contribution in [2.75, 3.05) is 0 Å². The molecule has 2 rings (SSSR count). The Morgan fingerprint density at radius 3 is 3.07 bits per heavy atom. The normalized spacial score (nSPS) is 10.3. The Bertz CT molecular complexity index is 458. The van der Waals surface area contributed by atoms with Gasteiger partial charge in [-0.2, -0.15) is 0 Å². The zero-order valence-electron chi connectivity index (χ0n) is 8.11. The minimum atomic E-state index is 0.489. The maximum atomic E-state index is 5.57. The van der Waals surface area contributed by atoms with E-state index >= 15 is 0 Å². The van der Waals surface area contributed by atoms with Crippen LogP contribution < -0.4 is 4.74 Å². The van der Waals surface area contributed by atoms with Crippen LogP contribution in [0.4, 0.5) is 0 Å². The molecule has 2 heterocycles. The number of aryl methyl sites for hydroxylation is 1. The smallest absolute Gasteiger partial charge is 0.152 e. The number of aromatic nitrogens is 2. The fourth-order valence-corrected chi connectivity index (χ4v) is 2.14. The molecule has 0 aliphatic heterocycles. The van der Waals surface area contributed by atoms with Gasteiger partial charge in [-0.3, -0.25) is 0 Å². The maximum absolute atomic E-state index is 5.57. The number of hydrogen-bond acceptors (Lipinski definition) is 4. The van der Waals surface area contributed by atoms with Gasteiger partial charge in [0.2, 0.25) is 0 Å². The molecule has 0 amide bonds. The average molecular weight is 285 g/mol. The van der Waals surface area contributed by atoms with Crippen molar-refractivity contribution in [2.24, 2.45) is 0 Å². The first-order chi connectivity index (χ1) is 7.25. The van der Waals surface area contributed by atoms with Crippen molar-refractivity contribution in [3.63, 3.8) is 0 Å². The summed E-state index contributed by atoms with van der Waals surface area (Å²) in [4.78, 5) is 8.38. The topological polar surface area (TPSA) is 35.0 Å². The average Bonchev–Trinajstić information content (AvgIpc) is 2.63. The second-order valence-corrected chi connectivity index (χ2v) is 4.66. The van der Waals surface area contributed by atoms with Gasteiger partial charge in [-0.25, -0.2) is 9.97 Å². The lowest BCUT2D eigenvalue weighted by molar-refractivity contribution is 0.302. The minimum absolute atomic E-state index is 0.489. The molecule has 78 valence electrons. The van der Waals surface area contributed by atoms with Gasteiger partial charge in [-0.1, -0.05) is 0 Å². The third kappa shape index (κ3) is 2.76. The highest BCUT2D eigenvalue weighted by atomic mass is 79.9. The van der Waals surface area contributed by atoms with E-state index in [0.29, 0.717) is 6.61 Å². The largest absolute Gasteiger partial charge is 0.484 e. The van der Waals surface area contributed by atoms with E-state index in [-0.39, 0.29) is 0 Å². The molecule has 0 aromatic carbocycles. The van der Waals surface area contributed by atoms with Crippen LogP contribution >= 0.6 is 27.3 Å². The Kier molecular flexibility index (Phi) is 3.33. The van der Waals surface area contributed by atoms with Gasteiger partial charge < -0.3 is 4.74 Å². The molecule has 0 N–H and O–H groups in total. The molecule has 0 unspecified atom stereocenters. The van der Waals surface area contributed by atoms with Crippen molar-refractivity contribution in [3.05, 3.63) is 39.0 Å². The standard InChI is InChI=1S/C10H9BrN2OS/c1-7-6-15-9(13-7)5-14-8-3-2-4-12-10(8)11/h2-4,6H,5H2,1H3. The van der Waals surface area contributed by atoms with Crippen LogP contribution in [0.2, 0.25) is 0 Å². The van der Waals surface area contributed by atoms with Crippen LogP contribution in [0.3, 0.4) is 0 Å². The third-order valence-corrected chi connectivity index (χ3v) is 3.28. The highest BCUT2D eigenvalue weighted by Gasteiger charge is 2.03. The molecule has 15 heavy (non-hydrogen) atoms. The van der Waals surface area contributed by atoms with Gasteiger partial charge in [0.05, 0.1) is 0 Å². The Morgan fingerprint density at radius 2 is 2.40 bits per heavy atom. The van der Waals surface area contributed by atoms with Crippen LogP contribution in [-0.4, -0.2) is 9.97 Å². The van der Waals surface area contributed by atoms with Crippen molar-refractivity contribution in [1.29, 1.82) is 0 Å². The van der Waals surface area contributed by atoms with Crippen LogP contribution in [0, 0.1) is 6.92 Å². The molecule has 0 atom stereocenters. The minimum Gasteiger partial charge on any atom is -0.484 e. The molecule has 0 saturated carbocycles. The first-order valence-electron chi connectivity index (χ1n) is 4.40. The molecule has 5 heteroatoms. The summed E-state index contributed by atoms with van der Waals surface area (Å²) < 4.78 is 6.30. The van der Waals surface area contributed by atoms with Gasteiger partial charge in [0.25, 0.3) is 0 Å². The Hall–Kier alpha value is -0.940. The van der Waals surface area contributed by atoms with Crippen molar-refractivity contribution in [3.8, 4) is 5.75 Å². The van der Waals surface area contributed by atoms with E-state index in [1.807, 2.05) is 24.4 Å². The van der Waals surface area contributed by atoms with Gasteiger partial charge >= 0.3 is 0 Å². The molecule has 0 radical (unpaired) electrons. The number of nitrogens with zero attached hydrogens (tertiary/aromatic N) is 2. The number of ether oxygens (including phenoxy) is 1. The summed E-state index contributed by atoms with van der Waals surface area (Å²) in [5, 5.41) is 2.99. The second-order valence-electron chi connectivity index (χ2n) is 2.96. The monoisotopic (exact) mass is 284 g/mol.